The molecule has 3 heteroatoms. The molecule has 4 rings (SSSR count). The number of benzene rings is 1. The van der Waals surface area contributed by atoms with E-state index in [0.29, 0.717) is 30.0 Å². The van der Waals surface area contributed by atoms with Gasteiger partial charge < -0.3 is 5.32 Å². The van der Waals surface area contributed by atoms with Gasteiger partial charge in [0.25, 0.3) is 0 Å². The molecule has 1 aromatic rings. The molecule has 0 radical (unpaired) electrons. The van der Waals surface area contributed by atoms with Crippen molar-refractivity contribution in [3.05, 3.63) is 35.9 Å². The molecule has 23 heavy (non-hydrogen) atoms. The van der Waals surface area contributed by atoms with E-state index in [4.69, 9.17) is 0 Å². The van der Waals surface area contributed by atoms with Crippen LogP contribution in [0.3, 0.4) is 0 Å². The Labute approximate surface area is 139 Å². The average molecular weight is 312 g/mol. The summed E-state index contributed by atoms with van der Waals surface area (Å²) in [6, 6.07) is 12.6. The molecule has 1 aliphatic carbocycles. The average Bonchev–Trinajstić information content (AvgIpc) is 2.74. The highest BCUT2D eigenvalue weighted by Crippen LogP contribution is 2.36. The number of rotatable bonds is 5. The fraction of sp³-hybridized carbons (Fsp3) is 0.650. The molecule has 0 aromatic heterocycles. The van der Waals surface area contributed by atoms with Crippen molar-refractivity contribution in [1.82, 2.24) is 10.2 Å². The minimum absolute atomic E-state index is 0.323. The van der Waals surface area contributed by atoms with E-state index in [9.17, 15) is 4.79 Å². The maximum Gasteiger partial charge on any atom is 0.223 e. The quantitative estimate of drug-likeness (QED) is 0.906. The summed E-state index contributed by atoms with van der Waals surface area (Å²) in [4.78, 5) is 14.9. The van der Waals surface area contributed by atoms with Gasteiger partial charge in [-0.3, -0.25) is 9.69 Å². The summed E-state index contributed by atoms with van der Waals surface area (Å²) in [5, 5.41) is 3.35. The van der Waals surface area contributed by atoms with Crippen LogP contribution in [0.4, 0.5) is 0 Å². The minimum Gasteiger partial charge on any atom is -0.353 e. The minimum atomic E-state index is 0.323. The van der Waals surface area contributed by atoms with Crippen molar-refractivity contribution < 1.29 is 4.79 Å². The van der Waals surface area contributed by atoms with Crippen molar-refractivity contribution >= 4 is 5.91 Å². The van der Waals surface area contributed by atoms with Gasteiger partial charge >= 0.3 is 0 Å². The fourth-order valence-corrected chi connectivity index (χ4v) is 4.65. The summed E-state index contributed by atoms with van der Waals surface area (Å²) >= 11 is 0. The molecule has 3 fully saturated rings. The normalized spacial score (nSPS) is 30.9. The zero-order valence-electron chi connectivity index (χ0n) is 13.9. The molecule has 2 unspecified atom stereocenters. The molecule has 1 saturated carbocycles. The Bertz CT molecular complexity index is 526. The van der Waals surface area contributed by atoms with Crippen LogP contribution in [-0.4, -0.2) is 35.5 Å². The van der Waals surface area contributed by atoms with Crippen molar-refractivity contribution in [3.63, 3.8) is 0 Å². The maximum atomic E-state index is 12.2. The molecule has 2 aliphatic heterocycles. The molecule has 2 heterocycles. The molecule has 3 nitrogen and oxygen atoms in total. The van der Waals surface area contributed by atoms with Crippen molar-refractivity contribution in [2.45, 2.75) is 69.5 Å². The number of amides is 1. The predicted molar refractivity (Wildman–Crippen MR) is 92.2 cm³/mol. The third-order valence-corrected chi connectivity index (χ3v) is 6.21. The van der Waals surface area contributed by atoms with E-state index < -0.39 is 0 Å². The smallest absolute Gasteiger partial charge is 0.223 e. The number of piperidine rings is 1. The van der Waals surface area contributed by atoms with Gasteiger partial charge in [-0.2, -0.15) is 0 Å². The number of carbonyl (C=O) groups excluding carboxylic acids is 1. The van der Waals surface area contributed by atoms with Crippen molar-refractivity contribution in [2.75, 3.05) is 6.54 Å². The van der Waals surface area contributed by atoms with Crippen LogP contribution in [-0.2, 0) is 11.2 Å². The summed E-state index contributed by atoms with van der Waals surface area (Å²) in [7, 11) is 0. The Kier molecular flexibility index (Phi) is 4.39. The maximum absolute atomic E-state index is 12.2. The second-order valence-corrected chi connectivity index (χ2v) is 7.66. The molecular formula is C20H28N2O. The van der Waals surface area contributed by atoms with Gasteiger partial charge in [-0.05, 0) is 50.5 Å². The van der Waals surface area contributed by atoms with Crippen LogP contribution in [0.2, 0.25) is 0 Å². The lowest BCUT2D eigenvalue weighted by atomic mass is 9.84. The highest BCUT2D eigenvalue weighted by atomic mass is 16.2. The van der Waals surface area contributed by atoms with E-state index in [1.165, 1.54) is 31.4 Å². The SMILES string of the molecule is O=C(NC1CC2CCC(C1)N2CCc1ccccc1)C1CCC1. The number of carbonyl (C=O) groups is 1. The number of nitrogens with one attached hydrogen (secondary N) is 1. The van der Waals surface area contributed by atoms with Crippen LogP contribution < -0.4 is 5.32 Å². The zero-order valence-corrected chi connectivity index (χ0v) is 13.9. The molecule has 0 spiro atoms. The fourth-order valence-electron chi connectivity index (χ4n) is 4.65. The summed E-state index contributed by atoms with van der Waals surface area (Å²) in [5.41, 5.74) is 1.44. The highest BCUT2D eigenvalue weighted by molar-refractivity contribution is 5.79. The van der Waals surface area contributed by atoms with Crippen LogP contribution in [0, 0.1) is 5.92 Å². The van der Waals surface area contributed by atoms with Gasteiger partial charge in [-0.25, -0.2) is 0 Å². The first-order valence-corrected chi connectivity index (χ1v) is 9.39. The van der Waals surface area contributed by atoms with Crippen molar-refractivity contribution in [3.8, 4) is 0 Å². The first kappa shape index (κ1) is 15.2. The Balaban J connectivity index is 1.30. The molecule has 2 atom stereocenters. The Morgan fingerprint density at radius 1 is 1.04 bits per heavy atom. The van der Waals surface area contributed by atoms with Gasteiger partial charge in [-0.1, -0.05) is 36.8 Å². The zero-order chi connectivity index (χ0) is 15.6. The van der Waals surface area contributed by atoms with Crippen LogP contribution in [0.15, 0.2) is 30.3 Å². The van der Waals surface area contributed by atoms with Crippen molar-refractivity contribution in [2.24, 2.45) is 5.92 Å². The van der Waals surface area contributed by atoms with E-state index in [2.05, 4.69) is 40.5 Å². The van der Waals surface area contributed by atoms with E-state index >= 15 is 0 Å². The largest absolute Gasteiger partial charge is 0.353 e. The van der Waals surface area contributed by atoms with Gasteiger partial charge in [0, 0.05) is 30.6 Å². The van der Waals surface area contributed by atoms with Gasteiger partial charge in [0.05, 0.1) is 0 Å². The highest BCUT2D eigenvalue weighted by Gasteiger charge is 2.41. The second-order valence-electron chi connectivity index (χ2n) is 7.66. The lowest BCUT2D eigenvalue weighted by Gasteiger charge is -2.40. The van der Waals surface area contributed by atoms with Gasteiger partial charge in [-0.15, -0.1) is 0 Å². The number of fused-ring (bicyclic) bond motifs is 2. The third-order valence-electron chi connectivity index (χ3n) is 6.21. The first-order valence-electron chi connectivity index (χ1n) is 9.39. The number of hydrogen-bond acceptors (Lipinski definition) is 2. The summed E-state index contributed by atoms with van der Waals surface area (Å²) < 4.78 is 0. The van der Waals surface area contributed by atoms with Gasteiger partial charge in [0.2, 0.25) is 5.91 Å². The topological polar surface area (TPSA) is 32.3 Å². The molecule has 2 saturated heterocycles. The van der Waals surface area contributed by atoms with Gasteiger partial charge in [0.1, 0.15) is 0 Å². The second kappa shape index (κ2) is 6.64. The lowest BCUT2D eigenvalue weighted by molar-refractivity contribution is -0.128. The van der Waals surface area contributed by atoms with E-state index in [1.807, 2.05) is 0 Å². The Morgan fingerprint density at radius 3 is 2.35 bits per heavy atom. The molecular weight excluding hydrogens is 284 g/mol. The van der Waals surface area contributed by atoms with E-state index in [-0.39, 0.29) is 0 Å². The molecule has 1 amide bonds. The third kappa shape index (κ3) is 3.30. The molecule has 124 valence electrons. The molecule has 1 aromatic carbocycles. The molecule has 3 aliphatic rings. The number of hydrogen-bond donors (Lipinski definition) is 1. The summed E-state index contributed by atoms with van der Waals surface area (Å²) in [5.74, 6) is 0.655. The molecule has 1 N–H and O–H groups in total. The first-order chi connectivity index (χ1) is 11.3. The molecule has 2 bridgehead atoms. The van der Waals surface area contributed by atoms with Gasteiger partial charge in [0.15, 0.2) is 0 Å². The van der Waals surface area contributed by atoms with Crippen molar-refractivity contribution in [1.29, 1.82) is 0 Å². The van der Waals surface area contributed by atoms with Crippen LogP contribution >= 0.6 is 0 Å². The summed E-state index contributed by atoms with van der Waals surface area (Å²) in [6.45, 7) is 1.17. The Hall–Kier alpha value is -1.35. The van der Waals surface area contributed by atoms with Crippen LogP contribution in [0.25, 0.3) is 0 Å². The van der Waals surface area contributed by atoms with E-state index in [1.54, 1.807) is 0 Å². The Morgan fingerprint density at radius 2 is 1.74 bits per heavy atom. The number of nitrogens with zero attached hydrogens (tertiary/aromatic N) is 1. The predicted octanol–water partition coefficient (Wildman–Crippen LogP) is 3.14. The van der Waals surface area contributed by atoms with Crippen LogP contribution in [0.1, 0.15) is 50.5 Å². The standard InChI is InChI=1S/C20H28N2O/c23-20(16-7-4-8-16)21-17-13-18-9-10-19(14-17)22(18)12-11-15-5-2-1-3-6-15/h1-3,5-6,16-19H,4,7-14H2,(H,21,23). The summed E-state index contributed by atoms with van der Waals surface area (Å²) in [6.07, 6.45) is 9.54. The van der Waals surface area contributed by atoms with E-state index in [0.717, 1.165) is 32.1 Å². The van der Waals surface area contributed by atoms with Crippen LogP contribution in [0.5, 0.6) is 0 Å². The monoisotopic (exact) mass is 312 g/mol. The lowest BCUT2D eigenvalue weighted by Crippen LogP contribution is -2.52.